The van der Waals surface area contributed by atoms with Gasteiger partial charge in [0, 0.05) is 25.2 Å². The minimum absolute atomic E-state index is 0.817. The topological polar surface area (TPSA) is 31.6 Å². The number of nitrogens with zero attached hydrogens (tertiary/aromatic N) is 2. The molecular formula is C17H31N3O. The van der Waals surface area contributed by atoms with Gasteiger partial charge in [-0.05, 0) is 58.9 Å². The molecule has 1 aromatic rings. The predicted octanol–water partition coefficient (Wildman–Crippen LogP) is 2.47. The van der Waals surface area contributed by atoms with E-state index in [-0.39, 0.29) is 0 Å². The molecular weight excluding hydrogens is 262 g/mol. The van der Waals surface area contributed by atoms with Gasteiger partial charge in [0.25, 0.3) is 0 Å². The molecule has 0 amide bonds. The number of furan rings is 1. The van der Waals surface area contributed by atoms with Crippen molar-refractivity contribution in [2.45, 2.75) is 39.8 Å². The average Bonchev–Trinajstić information content (AvgIpc) is 2.97. The smallest absolute Gasteiger partial charge is 0.118 e. The zero-order valence-electron chi connectivity index (χ0n) is 14.1. The molecule has 1 fully saturated rings. The fourth-order valence-corrected chi connectivity index (χ4v) is 3.19. The van der Waals surface area contributed by atoms with Crippen LogP contribution in [0.4, 0.5) is 0 Å². The van der Waals surface area contributed by atoms with Gasteiger partial charge in [0.05, 0.1) is 6.54 Å². The van der Waals surface area contributed by atoms with Crippen molar-refractivity contribution < 1.29 is 4.42 Å². The van der Waals surface area contributed by atoms with Crippen LogP contribution in [0.15, 0.2) is 10.5 Å². The van der Waals surface area contributed by atoms with Crippen molar-refractivity contribution in [2.75, 3.05) is 40.3 Å². The van der Waals surface area contributed by atoms with Crippen LogP contribution in [0.2, 0.25) is 0 Å². The van der Waals surface area contributed by atoms with Gasteiger partial charge in [-0.15, -0.1) is 0 Å². The molecule has 0 radical (unpaired) electrons. The highest BCUT2D eigenvalue weighted by Crippen LogP contribution is 2.19. The normalized spacial score (nSPS) is 19.8. The summed E-state index contributed by atoms with van der Waals surface area (Å²) in [5, 5.41) is 3.40. The molecule has 1 N–H and O–H groups in total. The second-order valence-electron chi connectivity index (χ2n) is 6.58. The molecule has 1 unspecified atom stereocenters. The molecule has 1 saturated heterocycles. The number of rotatable bonds is 8. The molecule has 1 atom stereocenters. The van der Waals surface area contributed by atoms with Crippen LogP contribution in [0.1, 0.15) is 36.8 Å². The predicted molar refractivity (Wildman–Crippen MR) is 87.4 cm³/mol. The van der Waals surface area contributed by atoms with E-state index in [1.807, 2.05) is 0 Å². The van der Waals surface area contributed by atoms with E-state index >= 15 is 0 Å². The van der Waals surface area contributed by atoms with Crippen LogP contribution in [0.5, 0.6) is 0 Å². The number of hydrogen-bond donors (Lipinski definition) is 1. The van der Waals surface area contributed by atoms with Crippen LogP contribution in [0.25, 0.3) is 0 Å². The number of nitrogens with one attached hydrogen (secondary N) is 1. The van der Waals surface area contributed by atoms with E-state index < -0.39 is 0 Å². The van der Waals surface area contributed by atoms with Gasteiger partial charge in [-0.1, -0.05) is 6.92 Å². The highest BCUT2D eigenvalue weighted by molar-refractivity contribution is 5.20. The van der Waals surface area contributed by atoms with Crippen LogP contribution in [0.3, 0.4) is 0 Å². The lowest BCUT2D eigenvalue weighted by Gasteiger charge is -2.20. The third-order valence-corrected chi connectivity index (χ3v) is 4.30. The van der Waals surface area contributed by atoms with Gasteiger partial charge < -0.3 is 19.5 Å². The Balaban J connectivity index is 1.81. The summed E-state index contributed by atoms with van der Waals surface area (Å²) < 4.78 is 5.85. The van der Waals surface area contributed by atoms with Gasteiger partial charge in [-0.2, -0.15) is 0 Å². The van der Waals surface area contributed by atoms with E-state index in [2.05, 4.69) is 49.1 Å². The van der Waals surface area contributed by atoms with Crippen molar-refractivity contribution in [3.63, 3.8) is 0 Å². The van der Waals surface area contributed by atoms with Gasteiger partial charge in [0.2, 0.25) is 0 Å². The van der Waals surface area contributed by atoms with Crippen molar-refractivity contribution in [3.8, 4) is 0 Å². The summed E-state index contributed by atoms with van der Waals surface area (Å²) in [6.45, 7) is 10.8. The summed E-state index contributed by atoms with van der Waals surface area (Å²) in [7, 11) is 4.44. The zero-order chi connectivity index (χ0) is 15.2. The van der Waals surface area contributed by atoms with E-state index in [9.17, 15) is 0 Å². The van der Waals surface area contributed by atoms with Gasteiger partial charge in [-0.25, -0.2) is 0 Å². The molecule has 0 saturated carbocycles. The second kappa shape index (κ2) is 7.97. The first-order valence-electron chi connectivity index (χ1n) is 8.24. The van der Waals surface area contributed by atoms with Crippen LogP contribution in [0, 0.1) is 12.8 Å². The Morgan fingerprint density at radius 2 is 2.29 bits per heavy atom. The molecule has 0 aliphatic carbocycles. The van der Waals surface area contributed by atoms with Crippen molar-refractivity contribution >= 4 is 0 Å². The molecule has 2 heterocycles. The molecule has 0 aromatic carbocycles. The van der Waals surface area contributed by atoms with Crippen molar-refractivity contribution in [3.05, 3.63) is 23.2 Å². The van der Waals surface area contributed by atoms with E-state index in [1.165, 1.54) is 31.6 Å². The van der Waals surface area contributed by atoms with E-state index in [1.54, 1.807) is 0 Å². The lowest BCUT2D eigenvalue weighted by Crippen LogP contribution is -2.27. The van der Waals surface area contributed by atoms with Crippen LogP contribution < -0.4 is 5.32 Å². The number of likely N-dealkylation sites (tertiary alicyclic amines) is 1. The fourth-order valence-electron chi connectivity index (χ4n) is 3.19. The summed E-state index contributed by atoms with van der Waals surface area (Å²) in [4.78, 5) is 4.87. The summed E-state index contributed by atoms with van der Waals surface area (Å²) in [6.07, 6.45) is 2.49. The Kier molecular flexibility index (Phi) is 6.27. The molecule has 4 nitrogen and oxygen atoms in total. The monoisotopic (exact) mass is 293 g/mol. The maximum atomic E-state index is 5.85. The molecule has 2 rings (SSSR count). The maximum absolute atomic E-state index is 5.85. The molecule has 120 valence electrons. The highest BCUT2D eigenvalue weighted by atomic mass is 16.3. The zero-order valence-corrected chi connectivity index (χ0v) is 14.1. The summed E-state index contributed by atoms with van der Waals surface area (Å²) in [5.41, 5.74) is 1.33. The highest BCUT2D eigenvalue weighted by Gasteiger charge is 2.21. The van der Waals surface area contributed by atoms with Crippen LogP contribution in [-0.4, -0.2) is 50.1 Å². The molecule has 0 spiro atoms. The Bertz CT molecular complexity index is 430. The van der Waals surface area contributed by atoms with Crippen LogP contribution in [-0.2, 0) is 13.1 Å². The van der Waals surface area contributed by atoms with Gasteiger partial charge in [-0.3, -0.25) is 0 Å². The minimum Gasteiger partial charge on any atom is -0.465 e. The standard InChI is InChI=1S/C17H31N3O/c1-5-7-18-10-17-9-16(14(2)21-17)13-20(4)12-15-6-8-19(3)11-15/h9,15,18H,5-8,10-13H2,1-4H3. The lowest BCUT2D eigenvalue weighted by atomic mass is 10.1. The average molecular weight is 293 g/mol. The van der Waals surface area contributed by atoms with Gasteiger partial charge in [0.15, 0.2) is 0 Å². The van der Waals surface area contributed by atoms with Gasteiger partial charge >= 0.3 is 0 Å². The Hall–Kier alpha value is -0.840. The van der Waals surface area contributed by atoms with Crippen molar-refractivity contribution in [2.24, 2.45) is 5.92 Å². The van der Waals surface area contributed by atoms with E-state index in [0.29, 0.717) is 0 Å². The van der Waals surface area contributed by atoms with Crippen LogP contribution >= 0.6 is 0 Å². The first-order valence-corrected chi connectivity index (χ1v) is 8.24. The molecule has 1 aliphatic heterocycles. The number of aryl methyl sites for hydroxylation is 1. The molecule has 4 heteroatoms. The summed E-state index contributed by atoms with van der Waals surface area (Å²) in [5.74, 6) is 2.95. The first kappa shape index (κ1) is 16.5. The minimum atomic E-state index is 0.817. The van der Waals surface area contributed by atoms with Crippen molar-refractivity contribution in [1.29, 1.82) is 0 Å². The Labute approximate surface area is 129 Å². The van der Waals surface area contributed by atoms with Crippen molar-refractivity contribution in [1.82, 2.24) is 15.1 Å². The largest absolute Gasteiger partial charge is 0.465 e. The second-order valence-corrected chi connectivity index (χ2v) is 6.58. The molecule has 21 heavy (non-hydrogen) atoms. The molecule has 1 aliphatic rings. The van der Waals surface area contributed by atoms with E-state index in [4.69, 9.17) is 4.42 Å². The fraction of sp³-hybridized carbons (Fsp3) is 0.765. The number of hydrogen-bond acceptors (Lipinski definition) is 4. The summed E-state index contributed by atoms with van der Waals surface area (Å²) in [6, 6.07) is 2.22. The van der Waals surface area contributed by atoms with E-state index in [0.717, 1.165) is 43.5 Å². The summed E-state index contributed by atoms with van der Waals surface area (Å²) >= 11 is 0. The molecule has 1 aromatic heterocycles. The molecule has 0 bridgehead atoms. The Morgan fingerprint density at radius 1 is 1.48 bits per heavy atom. The third-order valence-electron chi connectivity index (χ3n) is 4.30. The first-order chi connectivity index (χ1) is 10.1. The quantitative estimate of drug-likeness (QED) is 0.746. The third kappa shape index (κ3) is 5.13. The SMILES string of the molecule is CCCNCc1cc(CN(C)CC2CCN(C)C2)c(C)o1. The lowest BCUT2D eigenvalue weighted by molar-refractivity contribution is 0.266. The van der Waals surface area contributed by atoms with Gasteiger partial charge in [0.1, 0.15) is 11.5 Å². The maximum Gasteiger partial charge on any atom is 0.118 e. The Morgan fingerprint density at radius 3 is 2.95 bits per heavy atom.